The molecular weight excluding hydrogens is 730 g/mol. The minimum Gasteiger partial charge on any atom is -0.466 e. The zero-order chi connectivity index (χ0) is 41.1. The number of alkyl halides is 10. The van der Waals surface area contributed by atoms with Gasteiger partial charge in [0.15, 0.2) is 0 Å². The van der Waals surface area contributed by atoms with Crippen molar-refractivity contribution in [3.8, 4) is 0 Å². The van der Waals surface area contributed by atoms with Crippen molar-refractivity contribution in [1.82, 2.24) is 0 Å². The number of ether oxygens (including phenoxy) is 3. The number of hydrogen-bond donors (Lipinski definition) is 0. The first kappa shape index (κ1) is 51.3. The summed E-state index contributed by atoms with van der Waals surface area (Å²) < 4.78 is 133. The summed E-state index contributed by atoms with van der Waals surface area (Å²) in [6, 6.07) is 11.2. The largest absolute Gasteiger partial charge is 0.466 e. The van der Waals surface area contributed by atoms with Crippen molar-refractivity contribution in [3.05, 3.63) is 71.3 Å². The molecule has 6 nitrogen and oxygen atoms in total. The summed E-state index contributed by atoms with van der Waals surface area (Å²) in [5.41, 5.74) is -0.591. The van der Waals surface area contributed by atoms with E-state index < -0.39 is 35.6 Å². The number of aryl methyl sites for hydroxylation is 1. The lowest BCUT2D eigenvalue weighted by molar-refractivity contribution is -0.186. The van der Waals surface area contributed by atoms with Crippen LogP contribution in [0.25, 0.3) is 0 Å². The molecular formula is C37H50F10O6. The fourth-order valence-corrected chi connectivity index (χ4v) is 4.24. The maximum absolute atomic E-state index is 12.4. The third kappa shape index (κ3) is 25.7. The van der Waals surface area contributed by atoms with E-state index in [1.54, 1.807) is 6.07 Å². The van der Waals surface area contributed by atoms with Gasteiger partial charge in [-0.05, 0) is 69.1 Å². The van der Waals surface area contributed by atoms with Gasteiger partial charge in [0, 0.05) is 13.3 Å². The molecule has 2 aromatic carbocycles. The second-order valence-electron chi connectivity index (χ2n) is 11.4. The summed E-state index contributed by atoms with van der Waals surface area (Å²) in [6.07, 6.45) is -8.97. The molecule has 0 spiro atoms. The number of hydrogen-bond acceptors (Lipinski definition) is 6. The van der Waals surface area contributed by atoms with Crippen LogP contribution in [0.1, 0.15) is 95.8 Å². The highest BCUT2D eigenvalue weighted by Gasteiger charge is 2.42. The molecule has 0 bridgehead atoms. The summed E-state index contributed by atoms with van der Waals surface area (Å²) in [6.45, 7) is 8.44. The van der Waals surface area contributed by atoms with Crippen LogP contribution in [0.15, 0.2) is 54.6 Å². The maximum Gasteiger partial charge on any atom is 0.416 e. The van der Waals surface area contributed by atoms with Gasteiger partial charge in [-0.3, -0.25) is 18.8 Å². The van der Waals surface area contributed by atoms with Gasteiger partial charge in [0.05, 0.1) is 50.0 Å². The molecule has 1 fully saturated rings. The van der Waals surface area contributed by atoms with Gasteiger partial charge in [-0.15, -0.1) is 0 Å². The van der Waals surface area contributed by atoms with Crippen molar-refractivity contribution < 1.29 is 72.5 Å². The molecule has 0 N–H and O–H groups in total. The fraction of sp³-hybridized carbons (Fsp3) is 0.595. The number of carbonyl (C=O) groups is 3. The van der Waals surface area contributed by atoms with Gasteiger partial charge in [-0.2, -0.15) is 39.5 Å². The zero-order valence-corrected chi connectivity index (χ0v) is 30.6. The second kappa shape index (κ2) is 27.7. The van der Waals surface area contributed by atoms with E-state index >= 15 is 0 Å². The van der Waals surface area contributed by atoms with Crippen LogP contribution in [-0.2, 0) is 47.4 Å². The van der Waals surface area contributed by atoms with E-state index in [9.17, 15) is 58.3 Å². The molecule has 0 aromatic heterocycles. The van der Waals surface area contributed by atoms with Gasteiger partial charge >= 0.3 is 36.4 Å². The molecule has 0 unspecified atom stereocenters. The van der Waals surface area contributed by atoms with Gasteiger partial charge in [-0.25, -0.2) is 0 Å². The molecule has 3 rings (SSSR count). The number of halogens is 10. The van der Waals surface area contributed by atoms with E-state index in [4.69, 9.17) is 9.47 Å². The second-order valence-corrected chi connectivity index (χ2v) is 11.4. The number of benzene rings is 2. The Balaban J connectivity index is 0. The first-order valence-electron chi connectivity index (χ1n) is 16.9. The molecule has 1 aliphatic carbocycles. The van der Waals surface area contributed by atoms with E-state index in [1.807, 2.05) is 20.8 Å². The summed E-state index contributed by atoms with van der Waals surface area (Å²) in [5.74, 6) is -2.41. The molecule has 0 aliphatic heterocycles. The van der Waals surface area contributed by atoms with E-state index in [2.05, 4.69) is 4.74 Å². The van der Waals surface area contributed by atoms with Gasteiger partial charge in [-0.1, -0.05) is 63.2 Å². The highest BCUT2D eigenvalue weighted by molar-refractivity contribution is 5.72. The number of esters is 3. The molecule has 1 aliphatic rings. The average Bonchev–Trinajstić information content (AvgIpc) is 3.12. The summed E-state index contributed by atoms with van der Waals surface area (Å²) in [5, 5.41) is 0. The van der Waals surface area contributed by atoms with Gasteiger partial charge in [0.25, 0.3) is 0 Å². The van der Waals surface area contributed by atoms with Crippen LogP contribution in [0, 0.1) is 11.8 Å². The topological polar surface area (TPSA) is 78.9 Å². The molecule has 0 radical (unpaired) electrons. The molecule has 0 heterocycles. The lowest BCUT2D eigenvalue weighted by atomic mass is 9.82. The predicted molar refractivity (Wildman–Crippen MR) is 179 cm³/mol. The summed E-state index contributed by atoms with van der Waals surface area (Å²) >= 11 is 0. The van der Waals surface area contributed by atoms with Crippen molar-refractivity contribution in [3.63, 3.8) is 0 Å². The third-order valence-electron chi connectivity index (χ3n) is 6.95. The highest BCUT2D eigenvalue weighted by atomic mass is 19.4. The van der Waals surface area contributed by atoms with Crippen LogP contribution in [-0.4, -0.2) is 51.1 Å². The first-order valence-corrected chi connectivity index (χ1v) is 16.9. The van der Waals surface area contributed by atoms with Gasteiger partial charge in [0.1, 0.15) is 0 Å². The Morgan fingerprint density at radius 3 is 1.43 bits per heavy atom. The maximum atomic E-state index is 12.4. The fourth-order valence-electron chi connectivity index (χ4n) is 4.24. The Bertz CT molecular complexity index is 1240. The van der Waals surface area contributed by atoms with Crippen LogP contribution >= 0.6 is 0 Å². The van der Waals surface area contributed by atoms with E-state index in [1.165, 1.54) is 31.2 Å². The number of rotatable bonds is 10. The van der Waals surface area contributed by atoms with E-state index in [0.717, 1.165) is 43.5 Å². The summed E-state index contributed by atoms with van der Waals surface area (Å²) in [4.78, 5) is 32.6. The Morgan fingerprint density at radius 2 is 1.06 bits per heavy atom. The lowest BCUT2D eigenvalue weighted by Crippen LogP contribution is -2.31. The lowest BCUT2D eigenvalue weighted by Gasteiger charge is -2.28. The molecule has 1 saturated carbocycles. The highest BCUT2D eigenvalue weighted by Crippen LogP contribution is 2.39. The van der Waals surface area contributed by atoms with Crippen LogP contribution in [0.5, 0.6) is 0 Å². The van der Waals surface area contributed by atoms with Crippen molar-refractivity contribution in [2.45, 2.75) is 104 Å². The molecule has 2 aromatic rings. The van der Waals surface area contributed by atoms with Gasteiger partial charge in [0.2, 0.25) is 0 Å². The Morgan fingerprint density at radius 1 is 0.623 bits per heavy atom. The minimum atomic E-state index is -4.32. The molecule has 0 atom stereocenters. The molecule has 304 valence electrons. The van der Waals surface area contributed by atoms with Crippen LogP contribution in [0.2, 0.25) is 0 Å². The summed E-state index contributed by atoms with van der Waals surface area (Å²) in [7, 11) is 0.500. The number of carbonyl (C=O) groups excluding carboxylic acids is 3. The Kier molecular flexibility index (Phi) is 26.8. The average molecular weight is 781 g/mol. The van der Waals surface area contributed by atoms with Crippen LogP contribution < -0.4 is 0 Å². The van der Waals surface area contributed by atoms with Crippen molar-refractivity contribution in [1.29, 1.82) is 0 Å². The quantitative estimate of drug-likeness (QED) is 0.136. The Labute approximate surface area is 304 Å². The third-order valence-corrected chi connectivity index (χ3v) is 6.95. The van der Waals surface area contributed by atoms with Crippen molar-refractivity contribution in [2.24, 2.45) is 11.8 Å². The molecule has 53 heavy (non-hydrogen) atoms. The molecule has 0 saturated heterocycles. The van der Waals surface area contributed by atoms with Gasteiger partial charge < -0.3 is 14.2 Å². The van der Waals surface area contributed by atoms with Crippen molar-refractivity contribution in [2.75, 3.05) is 27.0 Å². The minimum absolute atomic E-state index is 0.0510. The monoisotopic (exact) mass is 780 g/mol. The molecule has 0 amide bonds. The Hall–Kier alpha value is -3.85. The molecule has 16 heteroatoms. The van der Waals surface area contributed by atoms with Crippen LogP contribution in [0.4, 0.5) is 43.9 Å². The predicted octanol–water partition coefficient (Wildman–Crippen LogP) is 11.2. The zero-order valence-electron chi connectivity index (χ0n) is 30.6. The van der Waals surface area contributed by atoms with E-state index in [-0.39, 0.29) is 43.1 Å². The smallest absolute Gasteiger partial charge is 0.416 e. The SMILES string of the molecule is CCCOC(=O)C1CCC(C(F)(F)F)CC1.CCCOC(=O)CCc1ccc(C(F)(F)F)cc1.CCCOC(C)=O.CF.FC(F)(F)c1ccccc1. The standard InChI is InChI=1S/C13H15F3O2.C11H17F3O2.C7H5F3.C5H10O2.CH3F/c1-2-9-18-12(17)8-5-10-3-6-11(7-4-10)13(14,15)16;1-2-7-16-10(15)8-3-5-9(6-4-8)11(12,13)14;8-7(9,10)6-4-2-1-3-5-6;1-3-4-7-5(2)6;1-2/h3-4,6-7H,2,5,8-9H2,1H3;8-9H,2-7H2,1H3;1-5H;3-4H2,1-2H3;1H3. The van der Waals surface area contributed by atoms with Crippen molar-refractivity contribution >= 4 is 17.9 Å². The first-order chi connectivity index (χ1) is 24.8. The van der Waals surface area contributed by atoms with E-state index in [0.29, 0.717) is 51.8 Å². The normalized spacial score (nSPS) is 15.2. The van der Waals surface area contributed by atoms with Crippen LogP contribution in [0.3, 0.4) is 0 Å².